The summed E-state index contributed by atoms with van der Waals surface area (Å²) in [6.07, 6.45) is 18.6. The van der Waals surface area contributed by atoms with Crippen molar-refractivity contribution in [3.8, 4) is 5.75 Å². The van der Waals surface area contributed by atoms with Gasteiger partial charge in [0.15, 0.2) is 17.7 Å². The van der Waals surface area contributed by atoms with Crippen LogP contribution >= 0.6 is 0 Å². The zero-order valence-electron chi connectivity index (χ0n) is 26.0. The molecule has 0 amide bonds. The Morgan fingerprint density at radius 1 is 0.864 bits per heavy atom. The first-order chi connectivity index (χ1) is 21.7. The Bertz CT molecular complexity index is 1330. The summed E-state index contributed by atoms with van der Waals surface area (Å²) in [5.74, 6) is 2.48. The summed E-state index contributed by atoms with van der Waals surface area (Å²) in [5, 5.41) is 12.7. The zero-order valence-corrected chi connectivity index (χ0v) is 26.0. The number of nitrogens with zero attached hydrogens (tertiary/aromatic N) is 4. The van der Waals surface area contributed by atoms with Crippen LogP contribution in [-0.4, -0.2) is 57.5 Å². The van der Waals surface area contributed by atoms with Gasteiger partial charge in [0.05, 0.1) is 18.2 Å². The number of rotatable bonds is 14. The molecule has 1 aliphatic carbocycles. The predicted molar refractivity (Wildman–Crippen MR) is 172 cm³/mol. The second-order valence-corrected chi connectivity index (χ2v) is 12.5. The zero-order chi connectivity index (χ0) is 30.0. The summed E-state index contributed by atoms with van der Waals surface area (Å²) >= 11 is 0. The number of ether oxygens (including phenoxy) is 3. The van der Waals surface area contributed by atoms with Gasteiger partial charge in [0.2, 0.25) is 5.95 Å². The number of Topliss-reactive ketones (excluding diaryl/α,β-unsaturated/α-hetero) is 1. The largest absolute Gasteiger partial charge is 0.494 e. The molecule has 2 unspecified atom stereocenters. The van der Waals surface area contributed by atoms with Crippen LogP contribution < -0.4 is 15.4 Å². The summed E-state index contributed by atoms with van der Waals surface area (Å²) in [5.41, 5.74) is 1.69. The molecule has 3 fully saturated rings. The normalized spacial score (nSPS) is 21.3. The number of hydrogen-bond donors (Lipinski definition) is 2. The Hall–Kier alpha value is -3.24. The first-order valence-electron chi connectivity index (χ1n) is 17.0. The fraction of sp³-hybridized carbons (Fsp3) is 0.647. The van der Waals surface area contributed by atoms with Crippen molar-refractivity contribution in [3.63, 3.8) is 0 Å². The number of benzene rings is 1. The lowest BCUT2D eigenvalue weighted by molar-refractivity contribution is -0.133. The Balaban J connectivity index is 1.02. The highest BCUT2D eigenvalue weighted by atomic mass is 16.5. The minimum absolute atomic E-state index is 0.0957. The number of ketones is 1. The molecule has 2 saturated heterocycles. The molecular formula is C34H48N6O4. The minimum atomic E-state index is -0.154. The van der Waals surface area contributed by atoms with E-state index in [0.717, 1.165) is 119 Å². The van der Waals surface area contributed by atoms with Crippen LogP contribution in [0.2, 0.25) is 0 Å². The fourth-order valence-corrected chi connectivity index (χ4v) is 6.52. The Morgan fingerprint density at radius 3 is 2.41 bits per heavy atom. The number of hydrogen-bond acceptors (Lipinski definition) is 9. The van der Waals surface area contributed by atoms with Crippen molar-refractivity contribution in [1.29, 1.82) is 0 Å². The van der Waals surface area contributed by atoms with Gasteiger partial charge in [-0.2, -0.15) is 15.1 Å². The second kappa shape index (κ2) is 15.7. The highest BCUT2D eigenvalue weighted by Crippen LogP contribution is 2.31. The lowest BCUT2D eigenvalue weighted by Crippen LogP contribution is -2.27. The number of carbonyl (C=O) groups excluding carboxylic acids is 1. The SMILES string of the molecule is O=C(CCCCCCOc1ccc(Nc2nc(NC3CCCCC3)c3cnn(C4CCCCO4)c3n2)cc1)C1CCCCO1. The van der Waals surface area contributed by atoms with E-state index in [1.54, 1.807) is 0 Å². The Labute approximate surface area is 260 Å². The van der Waals surface area contributed by atoms with E-state index in [0.29, 0.717) is 25.0 Å². The molecule has 0 radical (unpaired) electrons. The van der Waals surface area contributed by atoms with Gasteiger partial charge in [0, 0.05) is 31.4 Å². The number of carbonyl (C=O) groups is 1. The number of aromatic nitrogens is 4. The van der Waals surface area contributed by atoms with E-state index in [9.17, 15) is 4.79 Å². The van der Waals surface area contributed by atoms with Crippen LogP contribution in [0.4, 0.5) is 17.5 Å². The van der Waals surface area contributed by atoms with Gasteiger partial charge in [-0.3, -0.25) is 4.79 Å². The monoisotopic (exact) mass is 604 g/mol. The highest BCUT2D eigenvalue weighted by molar-refractivity contribution is 5.88. The van der Waals surface area contributed by atoms with E-state index >= 15 is 0 Å². The van der Waals surface area contributed by atoms with E-state index in [1.165, 1.54) is 19.3 Å². The van der Waals surface area contributed by atoms with Crippen LogP contribution in [0.15, 0.2) is 30.5 Å². The molecule has 2 aliphatic heterocycles. The van der Waals surface area contributed by atoms with Crippen molar-refractivity contribution in [1.82, 2.24) is 19.7 Å². The maximum absolute atomic E-state index is 12.3. The summed E-state index contributed by atoms with van der Waals surface area (Å²) < 4.78 is 19.6. The van der Waals surface area contributed by atoms with Crippen molar-refractivity contribution in [3.05, 3.63) is 30.5 Å². The molecule has 1 aromatic carbocycles. The first-order valence-corrected chi connectivity index (χ1v) is 17.0. The van der Waals surface area contributed by atoms with Gasteiger partial charge in [-0.1, -0.05) is 32.1 Å². The van der Waals surface area contributed by atoms with Crippen LogP contribution in [0.3, 0.4) is 0 Å². The number of fused-ring (bicyclic) bond motifs is 1. The third-order valence-corrected chi connectivity index (χ3v) is 9.06. The summed E-state index contributed by atoms with van der Waals surface area (Å²) in [6, 6.07) is 8.37. The number of anilines is 3. The van der Waals surface area contributed by atoms with Crippen LogP contribution in [-0.2, 0) is 14.3 Å². The molecule has 44 heavy (non-hydrogen) atoms. The average Bonchev–Trinajstić information content (AvgIpc) is 3.51. The summed E-state index contributed by atoms with van der Waals surface area (Å²) in [6.45, 7) is 2.15. The van der Waals surface area contributed by atoms with Crippen LogP contribution in [0.25, 0.3) is 11.0 Å². The van der Waals surface area contributed by atoms with Gasteiger partial charge in [-0.05, 0) is 88.5 Å². The second-order valence-electron chi connectivity index (χ2n) is 12.5. The molecule has 6 rings (SSSR count). The van der Waals surface area contributed by atoms with Crippen LogP contribution in [0.5, 0.6) is 5.75 Å². The molecule has 0 spiro atoms. The van der Waals surface area contributed by atoms with E-state index < -0.39 is 0 Å². The Kier molecular flexibility index (Phi) is 11.0. The van der Waals surface area contributed by atoms with Gasteiger partial charge in [0.25, 0.3) is 0 Å². The lowest BCUT2D eigenvalue weighted by atomic mass is 9.95. The molecule has 2 N–H and O–H groups in total. The van der Waals surface area contributed by atoms with Gasteiger partial charge < -0.3 is 24.8 Å². The van der Waals surface area contributed by atoms with Crippen molar-refractivity contribution in [2.24, 2.45) is 0 Å². The maximum Gasteiger partial charge on any atom is 0.231 e. The van der Waals surface area contributed by atoms with Gasteiger partial charge in [-0.25, -0.2) is 4.68 Å². The first kappa shape index (κ1) is 30.8. The highest BCUT2D eigenvalue weighted by Gasteiger charge is 2.24. The maximum atomic E-state index is 12.3. The smallest absolute Gasteiger partial charge is 0.231 e. The van der Waals surface area contributed by atoms with Crippen molar-refractivity contribution < 1.29 is 19.0 Å². The fourth-order valence-electron chi connectivity index (χ4n) is 6.52. The molecule has 238 valence electrons. The summed E-state index contributed by atoms with van der Waals surface area (Å²) in [4.78, 5) is 22.1. The molecule has 3 aromatic rings. The molecule has 2 aromatic heterocycles. The molecule has 10 nitrogen and oxygen atoms in total. The molecule has 2 atom stereocenters. The molecule has 10 heteroatoms. The van der Waals surface area contributed by atoms with E-state index in [2.05, 4.69) is 10.6 Å². The van der Waals surface area contributed by atoms with E-state index in [4.69, 9.17) is 29.3 Å². The Morgan fingerprint density at radius 2 is 1.64 bits per heavy atom. The van der Waals surface area contributed by atoms with Crippen LogP contribution in [0, 0.1) is 0 Å². The van der Waals surface area contributed by atoms with Crippen molar-refractivity contribution >= 4 is 34.3 Å². The van der Waals surface area contributed by atoms with Crippen LogP contribution in [0.1, 0.15) is 109 Å². The topological polar surface area (TPSA) is 112 Å². The molecule has 0 bridgehead atoms. The standard InChI is InChI=1S/C34H48N6O4/c41-29(30-15-7-10-22-43-30)14-6-1-2-9-21-42-27-19-17-26(18-20-27)37-34-38-32(36-25-12-4-3-5-13-25)28-24-35-40(33(28)39-34)31-16-8-11-23-44-31/h17-20,24-25,30-31H,1-16,21-23H2,(H2,36,37,38,39). The van der Waals surface area contributed by atoms with E-state index in [1.807, 2.05) is 35.1 Å². The predicted octanol–water partition coefficient (Wildman–Crippen LogP) is 7.48. The number of unbranched alkanes of at least 4 members (excludes halogenated alkanes) is 3. The third kappa shape index (κ3) is 8.27. The van der Waals surface area contributed by atoms with E-state index in [-0.39, 0.29) is 18.1 Å². The van der Waals surface area contributed by atoms with Gasteiger partial charge in [-0.15, -0.1) is 0 Å². The number of nitrogens with one attached hydrogen (secondary N) is 2. The average molecular weight is 605 g/mol. The summed E-state index contributed by atoms with van der Waals surface area (Å²) in [7, 11) is 0. The van der Waals surface area contributed by atoms with Gasteiger partial charge >= 0.3 is 0 Å². The molecule has 3 aliphatic rings. The van der Waals surface area contributed by atoms with Crippen molar-refractivity contribution in [2.75, 3.05) is 30.5 Å². The molecule has 4 heterocycles. The van der Waals surface area contributed by atoms with Gasteiger partial charge in [0.1, 0.15) is 17.7 Å². The molecular weight excluding hydrogens is 556 g/mol. The third-order valence-electron chi connectivity index (χ3n) is 9.06. The lowest BCUT2D eigenvalue weighted by Gasteiger charge is -2.24. The minimum Gasteiger partial charge on any atom is -0.494 e. The molecule has 1 saturated carbocycles. The van der Waals surface area contributed by atoms with Crippen molar-refractivity contribution in [2.45, 2.75) is 121 Å². The quantitative estimate of drug-likeness (QED) is 0.181.